The van der Waals surface area contributed by atoms with Crippen LogP contribution in [0.2, 0.25) is 0 Å². The summed E-state index contributed by atoms with van der Waals surface area (Å²) in [5, 5.41) is 9.05. The number of H-pyrrole nitrogens is 1. The van der Waals surface area contributed by atoms with Gasteiger partial charge in [-0.05, 0) is 25.0 Å². The summed E-state index contributed by atoms with van der Waals surface area (Å²) in [6, 6.07) is 1.91. The molecule has 9 heteroatoms. The molecule has 1 atom stereocenters. The fraction of sp³-hybridized carbons (Fsp3) is 0.400. The third kappa shape index (κ3) is 3.72. The lowest BCUT2D eigenvalue weighted by molar-refractivity contribution is -0.140. The van der Waals surface area contributed by atoms with Crippen molar-refractivity contribution in [2.75, 3.05) is 0 Å². The summed E-state index contributed by atoms with van der Waals surface area (Å²) in [5.41, 5.74) is -2.16. The Labute approximate surface area is 135 Å². The number of benzene rings is 1. The van der Waals surface area contributed by atoms with Gasteiger partial charge in [-0.25, -0.2) is 9.37 Å². The molecule has 1 heterocycles. The molecule has 1 aromatic heterocycles. The molecule has 2 rings (SSSR count). The number of nitrogens with zero attached hydrogens (tertiary/aromatic N) is 2. The van der Waals surface area contributed by atoms with Crippen molar-refractivity contribution in [3.63, 3.8) is 0 Å². The number of hydrogen-bond acceptors (Lipinski definition) is 3. The maximum absolute atomic E-state index is 14.1. The van der Waals surface area contributed by atoms with Crippen LogP contribution in [0.1, 0.15) is 47.5 Å². The van der Waals surface area contributed by atoms with Gasteiger partial charge in [0, 0.05) is 0 Å². The molecule has 0 bridgehead atoms. The molecule has 0 aliphatic heterocycles. The Kier molecular flexibility index (Phi) is 4.91. The minimum atomic E-state index is -4.88. The van der Waals surface area contributed by atoms with Gasteiger partial charge in [0.2, 0.25) is 0 Å². The number of halogens is 4. The van der Waals surface area contributed by atoms with E-state index in [1.807, 2.05) is 0 Å². The fourth-order valence-corrected chi connectivity index (χ4v) is 2.17. The first-order valence-electron chi connectivity index (χ1n) is 7.16. The van der Waals surface area contributed by atoms with E-state index in [4.69, 9.17) is 0 Å². The van der Waals surface area contributed by atoms with E-state index in [1.54, 1.807) is 20.8 Å². The fourth-order valence-electron chi connectivity index (χ4n) is 2.17. The predicted octanol–water partition coefficient (Wildman–Crippen LogP) is 3.40. The number of hydrogen-bond donors (Lipinski definition) is 2. The first kappa shape index (κ1) is 17.9. The zero-order valence-corrected chi connectivity index (χ0v) is 13.2. The normalized spacial score (nSPS) is 13.2. The van der Waals surface area contributed by atoms with Crippen molar-refractivity contribution in [2.45, 2.75) is 33.0 Å². The van der Waals surface area contributed by atoms with Crippen LogP contribution in [0.3, 0.4) is 0 Å². The van der Waals surface area contributed by atoms with Crippen molar-refractivity contribution >= 4 is 5.91 Å². The number of rotatable bonds is 4. The van der Waals surface area contributed by atoms with Gasteiger partial charge in [-0.3, -0.25) is 9.89 Å². The summed E-state index contributed by atoms with van der Waals surface area (Å²) >= 11 is 0. The van der Waals surface area contributed by atoms with Crippen LogP contribution >= 0.6 is 0 Å². The van der Waals surface area contributed by atoms with E-state index < -0.39 is 35.1 Å². The Morgan fingerprint density at radius 2 is 1.96 bits per heavy atom. The van der Waals surface area contributed by atoms with Crippen LogP contribution in [0.5, 0.6) is 0 Å². The Morgan fingerprint density at radius 1 is 1.29 bits per heavy atom. The van der Waals surface area contributed by atoms with Crippen molar-refractivity contribution in [3.8, 4) is 0 Å². The molecule has 24 heavy (non-hydrogen) atoms. The molecule has 0 unspecified atom stereocenters. The van der Waals surface area contributed by atoms with Crippen LogP contribution in [0.15, 0.2) is 18.2 Å². The van der Waals surface area contributed by atoms with Gasteiger partial charge in [-0.2, -0.15) is 18.3 Å². The molecule has 5 nitrogen and oxygen atoms in total. The highest BCUT2D eigenvalue weighted by Gasteiger charge is 2.36. The van der Waals surface area contributed by atoms with E-state index >= 15 is 0 Å². The summed E-state index contributed by atoms with van der Waals surface area (Å²) in [6.07, 6.45) is -4.88. The summed E-state index contributed by atoms with van der Waals surface area (Å²) in [7, 11) is 0. The van der Waals surface area contributed by atoms with Crippen molar-refractivity contribution in [1.82, 2.24) is 20.5 Å². The van der Waals surface area contributed by atoms with Crippen molar-refractivity contribution in [2.24, 2.45) is 5.92 Å². The Morgan fingerprint density at radius 3 is 2.46 bits per heavy atom. The molecule has 0 fully saturated rings. The van der Waals surface area contributed by atoms with Crippen LogP contribution in [0.25, 0.3) is 0 Å². The van der Waals surface area contributed by atoms with E-state index in [0.717, 1.165) is 12.1 Å². The molecule has 0 spiro atoms. The number of alkyl halides is 3. The van der Waals surface area contributed by atoms with Gasteiger partial charge in [0.1, 0.15) is 11.6 Å². The van der Waals surface area contributed by atoms with Crippen molar-refractivity contribution in [1.29, 1.82) is 0 Å². The maximum Gasteiger partial charge on any atom is 0.419 e. The summed E-state index contributed by atoms with van der Waals surface area (Å²) in [6.45, 7) is 5.22. The Bertz CT molecular complexity index is 739. The minimum Gasteiger partial charge on any atom is -0.342 e. The van der Waals surface area contributed by atoms with E-state index in [0.29, 0.717) is 11.9 Å². The summed E-state index contributed by atoms with van der Waals surface area (Å²) in [4.78, 5) is 16.4. The predicted molar refractivity (Wildman–Crippen MR) is 77.6 cm³/mol. The molecular weight excluding hydrogens is 328 g/mol. The van der Waals surface area contributed by atoms with E-state index in [-0.39, 0.29) is 11.7 Å². The number of carbonyl (C=O) groups excluding carboxylic acids is 1. The quantitative estimate of drug-likeness (QED) is 0.835. The highest BCUT2D eigenvalue weighted by atomic mass is 19.4. The SMILES string of the molecule is Cc1nc([C@@H](NC(=O)c2cccc(C(F)(F)F)c2F)C(C)C)n[nH]1. The lowest BCUT2D eigenvalue weighted by Gasteiger charge is -2.20. The highest BCUT2D eigenvalue weighted by Crippen LogP contribution is 2.32. The number of aromatic nitrogens is 3. The number of aryl methyl sites for hydroxylation is 1. The van der Waals surface area contributed by atoms with Gasteiger partial charge in [0.05, 0.1) is 17.2 Å². The van der Waals surface area contributed by atoms with Crippen molar-refractivity contribution < 1.29 is 22.4 Å². The molecule has 130 valence electrons. The molecule has 2 N–H and O–H groups in total. The lowest BCUT2D eigenvalue weighted by atomic mass is 10.0. The molecule has 1 amide bonds. The summed E-state index contributed by atoms with van der Waals surface area (Å²) < 4.78 is 52.3. The average molecular weight is 344 g/mol. The second kappa shape index (κ2) is 6.58. The monoisotopic (exact) mass is 344 g/mol. The number of aromatic amines is 1. The number of amides is 1. The van der Waals surface area contributed by atoms with E-state index in [2.05, 4.69) is 20.5 Å². The van der Waals surface area contributed by atoms with Gasteiger partial charge >= 0.3 is 6.18 Å². The summed E-state index contributed by atoms with van der Waals surface area (Å²) in [5.74, 6) is -1.91. The third-order valence-electron chi connectivity index (χ3n) is 3.39. The van der Waals surface area contributed by atoms with Gasteiger partial charge in [0.15, 0.2) is 5.82 Å². The lowest BCUT2D eigenvalue weighted by Crippen LogP contribution is -2.33. The number of carbonyl (C=O) groups is 1. The standard InChI is InChI=1S/C15H16F4N4O/c1-7(2)12(13-20-8(3)22-23-13)21-14(24)9-5-4-6-10(11(9)16)15(17,18)19/h4-7,12H,1-3H3,(H,21,24)(H,20,22,23)/t12-/m0/s1. The average Bonchev–Trinajstić information content (AvgIpc) is 2.89. The second-order valence-corrected chi connectivity index (χ2v) is 5.64. The van der Waals surface area contributed by atoms with E-state index in [9.17, 15) is 22.4 Å². The van der Waals surface area contributed by atoms with E-state index in [1.165, 1.54) is 0 Å². The molecule has 0 radical (unpaired) electrons. The smallest absolute Gasteiger partial charge is 0.342 e. The Hall–Kier alpha value is -2.45. The van der Waals surface area contributed by atoms with Gasteiger partial charge in [-0.15, -0.1) is 0 Å². The molecule has 0 aliphatic rings. The van der Waals surface area contributed by atoms with Crippen LogP contribution < -0.4 is 5.32 Å². The topological polar surface area (TPSA) is 70.7 Å². The van der Waals surface area contributed by atoms with Gasteiger partial charge in [0.25, 0.3) is 5.91 Å². The molecule has 2 aromatic rings. The van der Waals surface area contributed by atoms with Crippen LogP contribution in [0, 0.1) is 18.7 Å². The molecule has 0 saturated carbocycles. The largest absolute Gasteiger partial charge is 0.419 e. The zero-order chi connectivity index (χ0) is 18.1. The van der Waals surface area contributed by atoms with Gasteiger partial charge < -0.3 is 5.32 Å². The van der Waals surface area contributed by atoms with Crippen LogP contribution in [-0.2, 0) is 6.18 Å². The van der Waals surface area contributed by atoms with Crippen LogP contribution in [0.4, 0.5) is 17.6 Å². The maximum atomic E-state index is 14.1. The first-order chi connectivity index (χ1) is 11.1. The third-order valence-corrected chi connectivity index (χ3v) is 3.39. The van der Waals surface area contributed by atoms with Gasteiger partial charge in [-0.1, -0.05) is 19.9 Å². The molecular formula is C15H16F4N4O. The molecule has 1 aromatic carbocycles. The Balaban J connectivity index is 2.32. The first-order valence-corrected chi connectivity index (χ1v) is 7.16. The van der Waals surface area contributed by atoms with Crippen LogP contribution in [-0.4, -0.2) is 21.1 Å². The zero-order valence-electron chi connectivity index (χ0n) is 13.2. The molecule has 0 saturated heterocycles. The highest BCUT2D eigenvalue weighted by molar-refractivity contribution is 5.95. The van der Waals surface area contributed by atoms with Crippen molar-refractivity contribution in [3.05, 3.63) is 46.8 Å². The second-order valence-electron chi connectivity index (χ2n) is 5.64. The molecule has 0 aliphatic carbocycles. The number of nitrogens with one attached hydrogen (secondary N) is 2. The minimum absolute atomic E-state index is 0.155.